The summed E-state index contributed by atoms with van der Waals surface area (Å²) in [5.74, 6) is -0.935. The summed E-state index contributed by atoms with van der Waals surface area (Å²) in [7, 11) is 0. The van der Waals surface area contributed by atoms with Crippen LogP contribution in [-0.2, 0) is 0 Å². The number of carbonyl (C=O) groups is 1. The van der Waals surface area contributed by atoms with Crippen LogP contribution in [0.4, 0.5) is 5.69 Å². The molecule has 0 aliphatic heterocycles. The van der Waals surface area contributed by atoms with Gasteiger partial charge in [-0.1, -0.05) is 6.07 Å². The van der Waals surface area contributed by atoms with E-state index in [4.69, 9.17) is 5.11 Å². The summed E-state index contributed by atoms with van der Waals surface area (Å²) >= 11 is 0. The zero-order chi connectivity index (χ0) is 11.6. The van der Waals surface area contributed by atoms with Gasteiger partial charge in [0, 0.05) is 5.69 Å². The molecule has 0 heterocycles. The summed E-state index contributed by atoms with van der Waals surface area (Å²) < 4.78 is 0. The number of hydrogen-bond acceptors (Lipinski definition) is 3. The molecule has 1 aliphatic rings. The van der Waals surface area contributed by atoms with Crippen LogP contribution in [0.3, 0.4) is 0 Å². The van der Waals surface area contributed by atoms with Crippen molar-refractivity contribution in [3.8, 4) is 0 Å². The maximum absolute atomic E-state index is 10.8. The van der Waals surface area contributed by atoms with Gasteiger partial charge in [0.15, 0.2) is 0 Å². The van der Waals surface area contributed by atoms with Crippen molar-refractivity contribution < 1.29 is 15.0 Å². The molecule has 0 atom stereocenters. The van der Waals surface area contributed by atoms with Gasteiger partial charge in [-0.05, 0) is 37.5 Å². The molecular weight excluding hydrogens is 206 g/mol. The lowest BCUT2D eigenvalue weighted by molar-refractivity contribution is 0.0697. The maximum atomic E-state index is 10.8. The zero-order valence-corrected chi connectivity index (χ0v) is 8.94. The number of benzene rings is 1. The average molecular weight is 221 g/mol. The van der Waals surface area contributed by atoms with Gasteiger partial charge in [0.25, 0.3) is 0 Å². The molecule has 0 unspecified atom stereocenters. The molecule has 1 aliphatic carbocycles. The van der Waals surface area contributed by atoms with E-state index < -0.39 is 5.97 Å². The van der Waals surface area contributed by atoms with Crippen LogP contribution in [0.15, 0.2) is 24.3 Å². The Hall–Kier alpha value is -1.55. The fourth-order valence-corrected chi connectivity index (χ4v) is 1.96. The second-order valence-electron chi connectivity index (χ2n) is 4.30. The first-order valence-electron chi connectivity index (χ1n) is 5.38. The Morgan fingerprint density at radius 3 is 2.69 bits per heavy atom. The number of aromatic carboxylic acids is 1. The summed E-state index contributed by atoms with van der Waals surface area (Å²) in [6, 6.07) is 6.68. The van der Waals surface area contributed by atoms with E-state index >= 15 is 0 Å². The third-order valence-electron chi connectivity index (χ3n) is 3.13. The van der Waals surface area contributed by atoms with Gasteiger partial charge in [-0.25, -0.2) is 4.79 Å². The van der Waals surface area contributed by atoms with Gasteiger partial charge in [0.05, 0.1) is 17.7 Å². The molecule has 1 saturated carbocycles. The van der Waals surface area contributed by atoms with Crippen LogP contribution in [0, 0.1) is 0 Å². The molecule has 1 aromatic rings. The Labute approximate surface area is 93.9 Å². The average Bonchev–Trinajstić information content (AvgIpc) is 2.24. The Bertz CT molecular complexity index is 393. The molecule has 4 nitrogen and oxygen atoms in total. The lowest BCUT2D eigenvalue weighted by atomic mass is 9.77. The lowest BCUT2D eigenvalue weighted by Crippen LogP contribution is -2.48. The second kappa shape index (κ2) is 4.14. The highest BCUT2D eigenvalue weighted by Crippen LogP contribution is 2.34. The molecule has 0 bridgehead atoms. The van der Waals surface area contributed by atoms with Crippen molar-refractivity contribution in [2.24, 2.45) is 0 Å². The van der Waals surface area contributed by atoms with Crippen LogP contribution in [0.2, 0.25) is 0 Å². The van der Waals surface area contributed by atoms with Gasteiger partial charge in [-0.3, -0.25) is 0 Å². The highest BCUT2D eigenvalue weighted by molar-refractivity contribution is 5.88. The molecule has 86 valence electrons. The van der Waals surface area contributed by atoms with E-state index in [0.29, 0.717) is 0 Å². The van der Waals surface area contributed by atoms with Crippen molar-refractivity contribution in [2.45, 2.75) is 24.8 Å². The summed E-state index contributed by atoms with van der Waals surface area (Å²) in [5.41, 5.74) is 0.781. The van der Waals surface area contributed by atoms with Crippen molar-refractivity contribution >= 4 is 11.7 Å². The van der Waals surface area contributed by atoms with E-state index in [0.717, 1.165) is 24.9 Å². The second-order valence-corrected chi connectivity index (χ2v) is 4.30. The molecule has 0 aromatic heterocycles. The fraction of sp³-hybridized carbons (Fsp3) is 0.417. The van der Waals surface area contributed by atoms with Crippen molar-refractivity contribution in [3.05, 3.63) is 29.8 Å². The van der Waals surface area contributed by atoms with E-state index in [2.05, 4.69) is 5.32 Å². The number of aliphatic hydroxyl groups excluding tert-OH is 1. The zero-order valence-electron chi connectivity index (χ0n) is 8.94. The topological polar surface area (TPSA) is 69.6 Å². The number of anilines is 1. The Kier molecular flexibility index (Phi) is 2.83. The fourth-order valence-electron chi connectivity index (χ4n) is 1.96. The van der Waals surface area contributed by atoms with Crippen molar-refractivity contribution in [1.82, 2.24) is 0 Å². The first-order chi connectivity index (χ1) is 7.65. The van der Waals surface area contributed by atoms with E-state index in [1.165, 1.54) is 0 Å². The largest absolute Gasteiger partial charge is 0.478 e. The molecule has 16 heavy (non-hydrogen) atoms. The SMILES string of the molecule is O=C(O)c1cccc(NC2(CO)CCC2)c1. The molecule has 1 aromatic carbocycles. The number of nitrogens with one attached hydrogen (secondary N) is 1. The van der Waals surface area contributed by atoms with Gasteiger partial charge >= 0.3 is 5.97 Å². The smallest absolute Gasteiger partial charge is 0.335 e. The molecule has 3 N–H and O–H groups in total. The standard InChI is InChI=1S/C12H15NO3/c14-8-12(5-2-6-12)13-10-4-1-3-9(7-10)11(15)16/h1,3-4,7,13-14H,2,5-6,8H2,(H,15,16). The summed E-state index contributed by atoms with van der Waals surface area (Å²) in [4.78, 5) is 10.8. The summed E-state index contributed by atoms with van der Waals surface area (Å²) in [6.07, 6.45) is 2.97. The van der Waals surface area contributed by atoms with Gasteiger partial charge in [-0.2, -0.15) is 0 Å². The number of rotatable bonds is 4. The van der Waals surface area contributed by atoms with E-state index in [1.54, 1.807) is 18.2 Å². The molecular formula is C12H15NO3. The Balaban J connectivity index is 2.15. The van der Waals surface area contributed by atoms with Crippen LogP contribution in [-0.4, -0.2) is 28.3 Å². The lowest BCUT2D eigenvalue weighted by Gasteiger charge is -2.41. The predicted octanol–water partition coefficient (Wildman–Crippen LogP) is 1.71. The number of carboxylic acid groups (broad SMARTS) is 1. The minimum Gasteiger partial charge on any atom is -0.478 e. The molecule has 0 radical (unpaired) electrons. The van der Waals surface area contributed by atoms with E-state index in [1.807, 2.05) is 6.07 Å². The monoisotopic (exact) mass is 221 g/mol. The van der Waals surface area contributed by atoms with Gasteiger partial charge in [-0.15, -0.1) is 0 Å². The normalized spacial score (nSPS) is 17.6. The van der Waals surface area contributed by atoms with Crippen LogP contribution in [0.1, 0.15) is 29.6 Å². The van der Waals surface area contributed by atoms with Gasteiger partial charge in [0.1, 0.15) is 0 Å². The summed E-state index contributed by atoms with van der Waals surface area (Å²) in [6.45, 7) is 0.0876. The Morgan fingerprint density at radius 1 is 1.44 bits per heavy atom. The van der Waals surface area contributed by atoms with E-state index in [-0.39, 0.29) is 17.7 Å². The number of hydrogen-bond donors (Lipinski definition) is 3. The first kappa shape index (κ1) is 11.0. The quantitative estimate of drug-likeness (QED) is 0.724. The highest BCUT2D eigenvalue weighted by atomic mass is 16.4. The van der Waals surface area contributed by atoms with Gasteiger partial charge in [0.2, 0.25) is 0 Å². The third-order valence-corrected chi connectivity index (χ3v) is 3.13. The highest BCUT2D eigenvalue weighted by Gasteiger charge is 2.36. The van der Waals surface area contributed by atoms with Crippen LogP contribution in [0.25, 0.3) is 0 Å². The molecule has 2 rings (SSSR count). The van der Waals surface area contributed by atoms with Crippen LogP contribution < -0.4 is 5.32 Å². The van der Waals surface area contributed by atoms with Crippen LogP contribution in [0.5, 0.6) is 0 Å². The summed E-state index contributed by atoms with van der Waals surface area (Å²) in [5, 5.41) is 21.4. The molecule has 0 saturated heterocycles. The molecule has 0 spiro atoms. The minimum absolute atomic E-state index is 0.0876. The third kappa shape index (κ3) is 2.02. The molecule has 4 heteroatoms. The molecule has 1 fully saturated rings. The number of carboxylic acids is 1. The predicted molar refractivity (Wildman–Crippen MR) is 60.7 cm³/mol. The van der Waals surface area contributed by atoms with Crippen LogP contribution >= 0.6 is 0 Å². The van der Waals surface area contributed by atoms with Crippen molar-refractivity contribution in [3.63, 3.8) is 0 Å². The minimum atomic E-state index is -0.935. The van der Waals surface area contributed by atoms with Crippen molar-refractivity contribution in [2.75, 3.05) is 11.9 Å². The number of aliphatic hydroxyl groups is 1. The molecule has 0 amide bonds. The van der Waals surface area contributed by atoms with Gasteiger partial charge < -0.3 is 15.5 Å². The van der Waals surface area contributed by atoms with E-state index in [9.17, 15) is 9.90 Å². The first-order valence-corrected chi connectivity index (χ1v) is 5.38. The van der Waals surface area contributed by atoms with Crippen molar-refractivity contribution in [1.29, 1.82) is 0 Å². The Morgan fingerprint density at radius 2 is 2.19 bits per heavy atom. The maximum Gasteiger partial charge on any atom is 0.335 e.